The quantitative estimate of drug-likeness (QED) is 0.907. The van der Waals surface area contributed by atoms with Gasteiger partial charge in [-0.3, -0.25) is 0 Å². The summed E-state index contributed by atoms with van der Waals surface area (Å²) in [5.74, 6) is 2.23. The molecule has 106 valence electrons. The predicted octanol–water partition coefficient (Wildman–Crippen LogP) is 2.14. The smallest absolute Gasteiger partial charge is 0.162 e. The van der Waals surface area contributed by atoms with Crippen LogP contribution in [0.25, 0.3) is 0 Å². The van der Waals surface area contributed by atoms with Crippen LogP contribution in [0.3, 0.4) is 0 Å². The molecule has 1 unspecified atom stereocenters. The minimum Gasteiger partial charge on any atom is -0.493 e. The third kappa shape index (κ3) is 3.53. The molecule has 0 spiro atoms. The van der Waals surface area contributed by atoms with E-state index in [9.17, 15) is 0 Å². The summed E-state index contributed by atoms with van der Waals surface area (Å²) in [6, 6.07) is 6.17. The van der Waals surface area contributed by atoms with E-state index in [4.69, 9.17) is 9.47 Å². The molecule has 1 atom stereocenters. The highest BCUT2D eigenvalue weighted by Gasteiger charge is 2.15. The molecule has 0 radical (unpaired) electrons. The normalized spacial score (nSPS) is 20.6. The van der Waals surface area contributed by atoms with Gasteiger partial charge >= 0.3 is 0 Å². The number of hydrogen-bond donors (Lipinski definition) is 1. The second-order valence-electron chi connectivity index (χ2n) is 5.15. The number of nitrogens with zero attached hydrogens (tertiary/aromatic N) is 1. The summed E-state index contributed by atoms with van der Waals surface area (Å²) in [6.45, 7) is 6.61. The molecule has 1 aliphatic heterocycles. The standard InChI is InChI=1S/C15H24N2O2/c1-12-10-16-7-4-8-17(11-12)13-5-6-14(18-2)15(9-13)19-3/h5-6,9,12,16H,4,7-8,10-11H2,1-3H3. The largest absolute Gasteiger partial charge is 0.493 e. The first kappa shape index (κ1) is 14.0. The molecule has 1 aromatic rings. The van der Waals surface area contributed by atoms with Crippen molar-refractivity contribution in [1.29, 1.82) is 0 Å². The number of methoxy groups -OCH3 is 2. The average Bonchev–Trinajstić information content (AvgIpc) is 2.42. The summed E-state index contributed by atoms with van der Waals surface area (Å²) in [5, 5.41) is 3.48. The molecule has 4 nitrogen and oxygen atoms in total. The van der Waals surface area contributed by atoms with Crippen molar-refractivity contribution in [3.8, 4) is 11.5 Å². The molecule has 19 heavy (non-hydrogen) atoms. The molecule has 0 saturated carbocycles. The first-order valence-electron chi connectivity index (χ1n) is 6.92. The molecule has 0 aromatic heterocycles. The lowest BCUT2D eigenvalue weighted by Gasteiger charge is -2.31. The maximum atomic E-state index is 5.39. The summed E-state index contributed by atoms with van der Waals surface area (Å²) in [4.78, 5) is 2.44. The Kier molecular flexibility index (Phi) is 4.91. The lowest BCUT2D eigenvalue weighted by molar-refractivity contribution is 0.355. The van der Waals surface area contributed by atoms with Gasteiger partial charge in [-0.15, -0.1) is 0 Å². The molecule has 1 saturated heterocycles. The van der Waals surface area contributed by atoms with Crippen LogP contribution >= 0.6 is 0 Å². The van der Waals surface area contributed by atoms with E-state index in [0.717, 1.165) is 37.7 Å². The van der Waals surface area contributed by atoms with Crippen LogP contribution in [0.5, 0.6) is 11.5 Å². The molecule has 1 aromatic carbocycles. The second kappa shape index (κ2) is 6.66. The van der Waals surface area contributed by atoms with Crippen molar-refractivity contribution in [1.82, 2.24) is 5.32 Å². The molecule has 4 heteroatoms. The van der Waals surface area contributed by atoms with Crippen LogP contribution in [0.2, 0.25) is 0 Å². The van der Waals surface area contributed by atoms with Crippen LogP contribution in [0.4, 0.5) is 5.69 Å². The summed E-state index contributed by atoms with van der Waals surface area (Å²) < 4.78 is 10.7. The number of hydrogen-bond acceptors (Lipinski definition) is 4. The van der Waals surface area contributed by atoms with Gasteiger partial charge in [0.15, 0.2) is 11.5 Å². The zero-order valence-electron chi connectivity index (χ0n) is 12.1. The molecule has 2 rings (SSSR count). The Bertz CT molecular complexity index is 409. The maximum absolute atomic E-state index is 5.39. The first-order chi connectivity index (χ1) is 9.24. The number of nitrogens with one attached hydrogen (secondary N) is 1. The molecular weight excluding hydrogens is 240 g/mol. The zero-order chi connectivity index (χ0) is 13.7. The Balaban J connectivity index is 2.18. The molecule has 0 aliphatic carbocycles. The van der Waals surface area contributed by atoms with Gasteiger partial charge in [-0.2, -0.15) is 0 Å². The lowest BCUT2D eigenvalue weighted by atomic mass is 10.1. The fourth-order valence-corrected chi connectivity index (χ4v) is 2.53. The van der Waals surface area contributed by atoms with Crippen molar-refractivity contribution in [2.45, 2.75) is 13.3 Å². The minimum atomic E-state index is 0.647. The van der Waals surface area contributed by atoms with Crippen LogP contribution in [0, 0.1) is 5.92 Å². The molecule has 1 aliphatic rings. The van der Waals surface area contributed by atoms with Gasteiger partial charge in [-0.05, 0) is 37.6 Å². The van der Waals surface area contributed by atoms with Crippen molar-refractivity contribution in [2.75, 3.05) is 45.3 Å². The molecular formula is C15H24N2O2. The maximum Gasteiger partial charge on any atom is 0.162 e. The predicted molar refractivity (Wildman–Crippen MR) is 78.4 cm³/mol. The van der Waals surface area contributed by atoms with Crippen molar-refractivity contribution in [2.24, 2.45) is 5.92 Å². The van der Waals surface area contributed by atoms with E-state index >= 15 is 0 Å². The van der Waals surface area contributed by atoms with Gasteiger partial charge in [0.25, 0.3) is 0 Å². The zero-order valence-corrected chi connectivity index (χ0v) is 12.1. The van der Waals surface area contributed by atoms with Gasteiger partial charge in [0.1, 0.15) is 0 Å². The highest BCUT2D eigenvalue weighted by Crippen LogP contribution is 2.31. The summed E-state index contributed by atoms with van der Waals surface area (Å²) in [6.07, 6.45) is 1.17. The third-order valence-electron chi connectivity index (χ3n) is 3.54. The minimum absolute atomic E-state index is 0.647. The fourth-order valence-electron chi connectivity index (χ4n) is 2.53. The number of benzene rings is 1. The van der Waals surface area contributed by atoms with Crippen molar-refractivity contribution >= 4 is 5.69 Å². The Labute approximate surface area is 115 Å². The van der Waals surface area contributed by atoms with Gasteiger partial charge in [0.05, 0.1) is 14.2 Å². The lowest BCUT2D eigenvalue weighted by Crippen LogP contribution is -2.38. The van der Waals surface area contributed by atoms with Crippen LogP contribution in [0.1, 0.15) is 13.3 Å². The first-order valence-corrected chi connectivity index (χ1v) is 6.92. The SMILES string of the molecule is COc1ccc(N2CCCNCC(C)C2)cc1OC. The van der Waals surface area contributed by atoms with Gasteiger partial charge in [0.2, 0.25) is 0 Å². The van der Waals surface area contributed by atoms with Crippen molar-refractivity contribution in [3.05, 3.63) is 18.2 Å². The molecule has 1 heterocycles. The number of rotatable bonds is 3. The Hall–Kier alpha value is -1.42. The molecule has 1 fully saturated rings. The van der Waals surface area contributed by atoms with E-state index in [1.54, 1.807) is 14.2 Å². The molecule has 0 bridgehead atoms. The van der Waals surface area contributed by atoms with Crippen LogP contribution in [0.15, 0.2) is 18.2 Å². The van der Waals surface area contributed by atoms with Crippen molar-refractivity contribution < 1.29 is 9.47 Å². The van der Waals surface area contributed by atoms with E-state index < -0.39 is 0 Å². The van der Waals surface area contributed by atoms with Gasteiger partial charge in [-0.25, -0.2) is 0 Å². The second-order valence-corrected chi connectivity index (χ2v) is 5.15. The van der Waals surface area contributed by atoms with E-state index in [1.807, 2.05) is 6.07 Å². The van der Waals surface area contributed by atoms with Crippen molar-refractivity contribution in [3.63, 3.8) is 0 Å². The monoisotopic (exact) mass is 264 g/mol. The van der Waals surface area contributed by atoms with Gasteiger partial charge < -0.3 is 19.7 Å². The Morgan fingerprint density at radius 1 is 1.21 bits per heavy atom. The van der Waals surface area contributed by atoms with Gasteiger partial charge in [-0.1, -0.05) is 6.92 Å². The van der Waals surface area contributed by atoms with E-state index in [0.29, 0.717) is 5.92 Å². The van der Waals surface area contributed by atoms with Crippen LogP contribution < -0.4 is 19.7 Å². The van der Waals surface area contributed by atoms with Gasteiger partial charge in [0, 0.05) is 24.8 Å². The molecule has 1 N–H and O–H groups in total. The average molecular weight is 264 g/mol. The highest BCUT2D eigenvalue weighted by atomic mass is 16.5. The van der Waals surface area contributed by atoms with Crippen LogP contribution in [-0.4, -0.2) is 40.4 Å². The van der Waals surface area contributed by atoms with Crippen LogP contribution in [-0.2, 0) is 0 Å². The van der Waals surface area contributed by atoms with E-state index in [1.165, 1.54) is 12.1 Å². The van der Waals surface area contributed by atoms with E-state index in [-0.39, 0.29) is 0 Å². The number of ether oxygens (including phenoxy) is 2. The summed E-state index contributed by atoms with van der Waals surface area (Å²) in [5.41, 5.74) is 1.21. The highest BCUT2D eigenvalue weighted by molar-refractivity contribution is 5.56. The topological polar surface area (TPSA) is 33.7 Å². The Morgan fingerprint density at radius 3 is 2.74 bits per heavy atom. The number of anilines is 1. The summed E-state index contributed by atoms with van der Waals surface area (Å²) in [7, 11) is 3.35. The Morgan fingerprint density at radius 2 is 2.00 bits per heavy atom. The fraction of sp³-hybridized carbons (Fsp3) is 0.600. The third-order valence-corrected chi connectivity index (χ3v) is 3.54. The molecule has 0 amide bonds. The van der Waals surface area contributed by atoms with E-state index in [2.05, 4.69) is 29.3 Å². The summed E-state index contributed by atoms with van der Waals surface area (Å²) >= 11 is 0.